The van der Waals surface area contributed by atoms with E-state index in [4.69, 9.17) is 4.65 Å². The van der Waals surface area contributed by atoms with Crippen LogP contribution in [0.3, 0.4) is 0 Å². The second kappa shape index (κ2) is 19.9. The predicted molar refractivity (Wildman–Crippen MR) is 205 cm³/mol. The van der Waals surface area contributed by atoms with Gasteiger partial charge in [0, 0.05) is 5.92 Å². The number of hydrogen-bond acceptors (Lipinski definition) is 2. The molecule has 0 amide bonds. The zero-order valence-electron chi connectivity index (χ0n) is 31.5. The second-order valence-corrected chi connectivity index (χ2v) is 15.3. The van der Waals surface area contributed by atoms with Crippen LogP contribution in [0.5, 0.6) is 0 Å². The molecule has 0 aromatic heterocycles. The molecule has 1 aliphatic rings. The second-order valence-electron chi connectivity index (χ2n) is 13.2. The summed E-state index contributed by atoms with van der Waals surface area (Å²) in [5.41, 5.74) is -10.1. The van der Waals surface area contributed by atoms with Gasteiger partial charge in [-0.2, -0.15) is 0 Å². The average Bonchev–Trinajstić information content (AvgIpc) is 3.29. The molecule has 6 aromatic carbocycles. The zero-order chi connectivity index (χ0) is 46.1. The van der Waals surface area contributed by atoms with E-state index in [2.05, 4.69) is 6.92 Å². The Kier molecular flexibility index (Phi) is 15.3. The molecule has 0 N–H and O–H groups in total. The molecular weight excluding hydrogens is 946 g/mol. The summed E-state index contributed by atoms with van der Waals surface area (Å²) in [5.74, 6) is -49.7. The molecule has 20 heteroatoms. The summed E-state index contributed by atoms with van der Waals surface area (Å²) in [6.07, 6.45) is 3.29. The molecule has 2 nitrogen and oxygen atoms in total. The van der Waals surface area contributed by atoms with Crippen molar-refractivity contribution in [3.8, 4) is 0 Å². The summed E-state index contributed by atoms with van der Waals surface area (Å²) in [6.45, 7) is 3.72. The number of allylic oxidation sites excluding steroid dienone is 4. The van der Waals surface area contributed by atoms with E-state index in [1.807, 2.05) is 30.7 Å². The Hall–Kier alpha value is -5.79. The van der Waals surface area contributed by atoms with E-state index in [9.17, 15) is 44.3 Å². The van der Waals surface area contributed by atoms with Gasteiger partial charge in [0.2, 0.25) is 0 Å². The smallest absolute Gasteiger partial charge is 0.672 e. The Labute approximate surface area is 364 Å². The first-order chi connectivity index (χ1) is 29.9. The van der Waals surface area contributed by atoms with Crippen molar-refractivity contribution < 1.29 is 91.8 Å². The van der Waals surface area contributed by atoms with E-state index in [0.29, 0.717) is 10.6 Å². The van der Waals surface area contributed by atoms with Gasteiger partial charge in [0.1, 0.15) is 34.9 Å². The van der Waals surface area contributed by atoms with Crippen molar-refractivity contribution in [1.82, 2.24) is 0 Å². The van der Waals surface area contributed by atoms with Gasteiger partial charge in [-0.1, -0.05) is 120 Å². The van der Waals surface area contributed by atoms with Crippen molar-refractivity contribution in [3.63, 3.8) is 0 Å². The monoisotopic (exact) mass is 966 g/mol. The largest absolute Gasteiger partial charge is 2.00 e. The molecule has 64 heavy (non-hydrogen) atoms. The van der Waals surface area contributed by atoms with E-state index >= 15 is 26.3 Å². The van der Waals surface area contributed by atoms with Gasteiger partial charge in [0.25, 0.3) is 12.3 Å². The first-order valence-corrected chi connectivity index (χ1v) is 19.0. The molecule has 0 spiro atoms. The summed E-state index contributed by atoms with van der Waals surface area (Å²) in [6, 6.07) is 19.8. The van der Waals surface area contributed by atoms with Crippen molar-refractivity contribution in [1.29, 1.82) is 0 Å². The van der Waals surface area contributed by atoms with Crippen LogP contribution >= 0.6 is 7.92 Å². The molecule has 1 aliphatic carbocycles. The minimum absolute atomic E-state index is 0. The number of benzene rings is 6. The Morgan fingerprint density at radius 1 is 0.438 bits per heavy atom. The molecule has 0 unspecified atom stereocenters. The third kappa shape index (κ3) is 8.71. The number of halogens is 15. The zero-order valence-corrected chi connectivity index (χ0v) is 33.4. The molecule has 0 heterocycles. The maximum absolute atomic E-state index is 16.0. The van der Waals surface area contributed by atoms with Gasteiger partial charge in [0.15, 0.2) is 52.4 Å². The Morgan fingerprint density at radius 3 is 1.08 bits per heavy atom. The van der Waals surface area contributed by atoms with Crippen LogP contribution in [0.25, 0.3) is 0 Å². The maximum atomic E-state index is 16.0. The topological polar surface area (TPSA) is 26.3 Å². The molecule has 331 valence electrons. The van der Waals surface area contributed by atoms with Crippen molar-refractivity contribution in [2.75, 3.05) is 0 Å². The van der Waals surface area contributed by atoms with Crippen molar-refractivity contribution >= 4 is 52.5 Å². The van der Waals surface area contributed by atoms with Gasteiger partial charge in [0.05, 0.1) is 5.56 Å². The maximum Gasteiger partial charge on any atom is 2.00 e. The Morgan fingerprint density at radius 2 is 0.766 bits per heavy atom. The molecular formula is C44H21BF15NiO2P+. The molecule has 0 atom stereocenters. The van der Waals surface area contributed by atoms with E-state index in [1.165, 1.54) is 60.7 Å². The van der Waals surface area contributed by atoms with E-state index < -0.39 is 129 Å². The van der Waals surface area contributed by atoms with Gasteiger partial charge < -0.3 is 4.65 Å². The standard InChI is InChI=1S/C37H14BF15O2P.C7H7.Ni/c39-22-19(23(40)29(46)34(51)28(22)45)38(20-24(41)30(47)35(52)31(48)25(20)42,21-26(43)32(49)36(53)33(50)27(21)44)55-37(54)17-13-7-8-14-18(17)56(15-9-3-1-4-10-15)16-11-5-2-6-12-16;1-7-5-3-2-4-6-7;/h1-14H;2-6H,1H2;/q-1;;+2. The molecule has 0 aliphatic heterocycles. The summed E-state index contributed by atoms with van der Waals surface area (Å²) >= 11 is 0. The van der Waals surface area contributed by atoms with Crippen LogP contribution in [0.15, 0.2) is 109 Å². The van der Waals surface area contributed by atoms with Crippen LogP contribution in [0.4, 0.5) is 65.9 Å². The molecule has 3 radical (unpaired) electrons. The molecule has 7 rings (SSSR count). The summed E-state index contributed by atoms with van der Waals surface area (Å²) in [7, 11) is -2.03. The van der Waals surface area contributed by atoms with E-state index in [1.54, 1.807) is 12.1 Å². The predicted octanol–water partition coefficient (Wildman–Crippen LogP) is 9.08. The quantitative estimate of drug-likeness (QED) is 0.0501. The molecule has 6 aromatic rings. The van der Waals surface area contributed by atoms with Crippen LogP contribution in [0, 0.1) is 107 Å². The first-order valence-electron chi connectivity index (χ1n) is 17.7. The molecule has 0 fully saturated rings. The number of hydrogen-bond donors (Lipinski definition) is 0. The number of carbonyl (C=O) groups is 1. The van der Waals surface area contributed by atoms with Gasteiger partial charge in [-0.25, -0.2) is 65.9 Å². The number of carbonyl (C=O) groups excluding carboxylic acids is 1. The van der Waals surface area contributed by atoms with Crippen LogP contribution < -0.4 is 32.3 Å². The van der Waals surface area contributed by atoms with Gasteiger partial charge >= 0.3 is 16.5 Å². The van der Waals surface area contributed by atoms with Crippen molar-refractivity contribution in [2.45, 2.75) is 0 Å². The van der Waals surface area contributed by atoms with Crippen LogP contribution in [-0.4, -0.2) is 12.3 Å². The fourth-order valence-corrected chi connectivity index (χ4v) is 9.11. The summed E-state index contributed by atoms with van der Waals surface area (Å²) in [5, 5.41) is 0.622. The van der Waals surface area contributed by atoms with E-state index in [-0.39, 0.29) is 21.8 Å². The first kappa shape index (κ1) is 49.2. The minimum Gasteiger partial charge on any atom is -0.672 e. The van der Waals surface area contributed by atoms with Crippen LogP contribution in [-0.2, 0) is 21.1 Å². The van der Waals surface area contributed by atoms with Gasteiger partial charge in [-0.15, -0.1) is 0 Å². The fourth-order valence-electron chi connectivity index (χ4n) is 6.67. The molecule has 0 bridgehead atoms. The van der Waals surface area contributed by atoms with Crippen molar-refractivity contribution in [2.24, 2.45) is 0 Å². The van der Waals surface area contributed by atoms with Gasteiger partial charge in [-0.05, 0) is 43.2 Å². The summed E-state index contributed by atoms with van der Waals surface area (Å²) in [4.78, 5) is 14.4. The average molecular weight is 967 g/mol. The Bertz CT molecular complexity index is 2520. The van der Waals surface area contributed by atoms with Gasteiger partial charge in [-0.3, -0.25) is 4.79 Å². The van der Waals surface area contributed by atoms with E-state index in [0.717, 1.165) is 18.1 Å². The SMILES string of the molecule is O=C(O[B-](c1c(F)c(F)c(F)c(F)c1F)(c1c(F)c(F)c(F)c(F)c1F)c1c(F)c(F)c(F)c(F)c1F)c1ccccc1P(c1ccccc1)c1ccccc1.[CH2][C]1[CH]C=CC=C1.[Ni+2]. The summed E-state index contributed by atoms with van der Waals surface area (Å²) < 4.78 is 234. The van der Waals surface area contributed by atoms with Crippen LogP contribution in [0.2, 0.25) is 0 Å². The molecule has 0 saturated heterocycles. The Balaban J connectivity index is 0.000000878. The molecule has 0 saturated carbocycles. The third-order valence-electron chi connectivity index (χ3n) is 9.47. The van der Waals surface area contributed by atoms with Crippen LogP contribution in [0.1, 0.15) is 10.4 Å². The third-order valence-corrected chi connectivity index (χ3v) is 12.0. The normalized spacial score (nSPS) is 12.5. The number of rotatable bonds is 8. The van der Waals surface area contributed by atoms with Crippen molar-refractivity contribution in [3.05, 3.63) is 221 Å². The fraction of sp³-hybridized carbons (Fsp3) is 0. The minimum atomic E-state index is -6.58.